The van der Waals surface area contributed by atoms with Crippen molar-refractivity contribution in [2.45, 2.75) is 19.4 Å². The van der Waals surface area contributed by atoms with Gasteiger partial charge in [0.1, 0.15) is 5.75 Å². The molecule has 1 heterocycles. The first kappa shape index (κ1) is 17.6. The van der Waals surface area contributed by atoms with Crippen molar-refractivity contribution < 1.29 is 9.53 Å². The number of nitrogens with zero attached hydrogens (tertiary/aromatic N) is 2. The Labute approximate surface area is 154 Å². The van der Waals surface area contributed by atoms with Crippen LogP contribution in [0.25, 0.3) is 0 Å². The highest BCUT2D eigenvalue weighted by atomic mass is 35.5. The Morgan fingerprint density at radius 3 is 2.28 bits per heavy atom. The largest absolute Gasteiger partial charge is 0.481 e. The molecule has 1 atom stereocenters. The van der Waals surface area contributed by atoms with E-state index in [1.807, 2.05) is 30.0 Å². The zero-order valence-electron chi connectivity index (χ0n) is 14.4. The highest BCUT2D eigenvalue weighted by Gasteiger charge is 2.27. The number of carbonyl (C=O) groups is 1. The predicted molar refractivity (Wildman–Crippen MR) is 101 cm³/mol. The van der Waals surface area contributed by atoms with Crippen molar-refractivity contribution in [1.29, 1.82) is 0 Å². The SMILES string of the molecule is CC[C@@H](Oc1ccc(Cl)cc1)C(=O)N1CCN(c2ccccc2)CC1. The molecule has 0 saturated carbocycles. The van der Waals surface area contributed by atoms with Crippen LogP contribution in [0.2, 0.25) is 5.02 Å². The minimum atomic E-state index is -0.454. The summed E-state index contributed by atoms with van der Waals surface area (Å²) in [5.74, 6) is 0.734. The van der Waals surface area contributed by atoms with Crippen LogP contribution in [0.1, 0.15) is 13.3 Å². The van der Waals surface area contributed by atoms with Crippen molar-refractivity contribution >= 4 is 23.2 Å². The number of benzene rings is 2. The van der Waals surface area contributed by atoms with Crippen molar-refractivity contribution in [3.05, 3.63) is 59.6 Å². The Hall–Kier alpha value is -2.20. The molecule has 1 aliphatic rings. The molecule has 0 spiro atoms. The first-order valence-electron chi connectivity index (χ1n) is 8.68. The molecule has 0 aromatic heterocycles. The fourth-order valence-corrected chi connectivity index (χ4v) is 3.14. The van der Waals surface area contributed by atoms with Gasteiger partial charge in [0.25, 0.3) is 5.91 Å². The summed E-state index contributed by atoms with van der Waals surface area (Å²) in [4.78, 5) is 17.0. The number of anilines is 1. The molecule has 4 nitrogen and oxygen atoms in total. The average molecular weight is 359 g/mol. The van der Waals surface area contributed by atoms with Gasteiger partial charge in [-0.2, -0.15) is 0 Å². The van der Waals surface area contributed by atoms with E-state index < -0.39 is 6.10 Å². The van der Waals surface area contributed by atoms with E-state index in [0.717, 1.165) is 13.1 Å². The minimum Gasteiger partial charge on any atom is -0.481 e. The van der Waals surface area contributed by atoms with E-state index in [9.17, 15) is 4.79 Å². The molecule has 0 unspecified atom stereocenters. The molecule has 1 amide bonds. The van der Waals surface area contributed by atoms with Crippen LogP contribution in [0.3, 0.4) is 0 Å². The van der Waals surface area contributed by atoms with Crippen LogP contribution in [0.4, 0.5) is 5.69 Å². The second-order valence-electron chi connectivity index (χ2n) is 6.12. The van der Waals surface area contributed by atoms with Crippen LogP contribution in [-0.2, 0) is 4.79 Å². The number of ether oxygens (including phenoxy) is 1. The lowest BCUT2D eigenvalue weighted by molar-refractivity contribution is -0.139. The van der Waals surface area contributed by atoms with Gasteiger partial charge in [-0.1, -0.05) is 36.7 Å². The van der Waals surface area contributed by atoms with E-state index in [1.54, 1.807) is 24.3 Å². The Bertz CT molecular complexity index is 683. The van der Waals surface area contributed by atoms with E-state index in [2.05, 4.69) is 17.0 Å². The molecule has 132 valence electrons. The topological polar surface area (TPSA) is 32.8 Å². The van der Waals surface area contributed by atoms with Gasteiger partial charge in [0, 0.05) is 36.9 Å². The highest BCUT2D eigenvalue weighted by molar-refractivity contribution is 6.30. The van der Waals surface area contributed by atoms with E-state index >= 15 is 0 Å². The third-order valence-electron chi connectivity index (χ3n) is 4.45. The third-order valence-corrected chi connectivity index (χ3v) is 4.70. The fraction of sp³-hybridized carbons (Fsp3) is 0.350. The Morgan fingerprint density at radius 1 is 1.04 bits per heavy atom. The number of halogens is 1. The van der Waals surface area contributed by atoms with E-state index in [0.29, 0.717) is 30.3 Å². The normalized spacial score (nSPS) is 15.8. The summed E-state index contributed by atoms with van der Waals surface area (Å²) in [5.41, 5.74) is 1.21. The molecule has 25 heavy (non-hydrogen) atoms. The van der Waals surface area contributed by atoms with Gasteiger partial charge < -0.3 is 14.5 Å². The summed E-state index contributed by atoms with van der Waals surface area (Å²) in [7, 11) is 0. The summed E-state index contributed by atoms with van der Waals surface area (Å²) >= 11 is 5.90. The molecule has 5 heteroatoms. The smallest absolute Gasteiger partial charge is 0.263 e. The summed E-state index contributed by atoms with van der Waals surface area (Å²) in [6, 6.07) is 17.5. The van der Waals surface area contributed by atoms with Gasteiger partial charge in [-0.15, -0.1) is 0 Å². The summed E-state index contributed by atoms with van der Waals surface area (Å²) in [5, 5.41) is 0.656. The zero-order valence-corrected chi connectivity index (χ0v) is 15.2. The van der Waals surface area contributed by atoms with Crippen molar-refractivity contribution in [1.82, 2.24) is 4.90 Å². The molecule has 1 aliphatic heterocycles. The van der Waals surface area contributed by atoms with Gasteiger partial charge in [0.05, 0.1) is 0 Å². The van der Waals surface area contributed by atoms with Crippen LogP contribution in [0, 0.1) is 0 Å². The molecule has 0 aliphatic carbocycles. The minimum absolute atomic E-state index is 0.0603. The van der Waals surface area contributed by atoms with Crippen LogP contribution in [0.5, 0.6) is 5.75 Å². The number of carbonyl (C=O) groups excluding carboxylic acids is 1. The van der Waals surface area contributed by atoms with Crippen molar-refractivity contribution in [2.24, 2.45) is 0 Å². The molecule has 0 bridgehead atoms. The van der Waals surface area contributed by atoms with Gasteiger partial charge in [0.2, 0.25) is 0 Å². The molecular formula is C20H23ClN2O2. The van der Waals surface area contributed by atoms with Crippen LogP contribution in [0.15, 0.2) is 54.6 Å². The van der Waals surface area contributed by atoms with Gasteiger partial charge in [0.15, 0.2) is 6.10 Å². The van der Waals surface area contributed by atoms with E-state index in [1.165, 1.54) is 5.69 Å². The summed E-state index contributed by atoms with van der Waals surface area (Å²) in [6.07, 6.45) is 0.185. The first-order chi connectivity index (χ1) is 12.2. The zero-order chi connectivity index (χ0) is 17.6. The number of hydrogen-bond acceptors (Lipinski definition) is 3. The molecule has 0 N–H and O–H groups in total. The van der Waals surface area contributed by atoms with Crippen molar-refractivity contribution in [3.63, 3.8) is 0 Å². The Balaban J connectivity index is 1.57. The molecule has 2 aromatic carbocycles. The fourth-order valence-electron chi connectivity index (χ4n) is 3.01. The number of amides is 1. The van der Waals surface area contributed by atoms with Crippen molar-refractivity contribution in [3.8, 4) is 5.75 Å². The lowest BCUT2D eigenvalue weighted by Crippen LogP contribution is -2.52. The van der Waals surface area contributed by atoms with Crippen LogP contribution in [-0.4, -0.2) is 43.1 Å². The molecule has 1 saturated heterocycles. The van der Waals surface area contributed by atoms with Crippen molar-refractivity contribution in [2.75, 3.05) is 31.1 Å². The number of piperazine rings is 1. The quantitative estimate of drug-likeness (QED) is 0.814. The Kier molecular flexibility index (Phi) is 5.82. The first-order valence-corrected chi connectivity index (χ1v) is 9.06. The molecular weight excluding hydrogens is 336 g/mol. The molecule has 1 fully saturated rings. The average Bonchev–Trinajstić information content (AvgIpc) is 2.68. The monoisotopic (exact) mass is 358 g/mol. The molecule has 3 rings (SSSR count). The van der Waals surface area contributed by atoms with Crippen LogP contribution < -0.4 is 9.64 Å². The molecule has 0 radical (unpaired) electrons. The van der Waals surface area contributed by atoms with E-state index in [4.69, 9.17) is 16.3 Å². The second kappa shape index (κ2) is 8.26. The van der Waals surface area contributed by atoms with Gasteiger partial charge >= 0.3 is 0 Å². The maximum atomic E-state index is 12.8. The third kappa shape index (κ3) is 4.45. The number of hydrogen-bond donors (Lipinski definition) is 0. The van der Waals surface area contributed by atoms with Gasteiger partial charge in [-0.3, -0.25) is 4.79 Å². The van der Waals surface area contributed by atoms with E-state index in [-0.39, 0.29) is 5.91 Å². The number of para-hydroxylation sites is 1. The maximum Gasteiger partial charge on any atom is 0.263 e. The lowest BCUT2D eigenvalue weighted by atomic mass is 10.2. The lowest BCUT2D eigenvalue weighted by Gasteiger charge is -2.37. The molecule has 2 aromatic rings. The van der Waals surface area contributed by atoms with Gasteiger partial charge in [-0.05, 0) is 42.8 Å². The summed E-state index contributed by atoms with van der Waals surface area (Å²) in [6.45, 7) is 5.08. The predicted octanol–water partition coefficient (Wildman–Crippen LogP) is 3.85. The number of rotatable bonds is 5. The van der Waals surface area contributed by atoms with Crippen LogP contribution >= 0.6 is 11.6 Å². The second-order valence-corrected chi connectivity index (χ2v) is 6.55. The standard InChI is InChI=1S/C20H23ClN2O2/c1-2-19(25-18-10-8-16(21)9-11-18)20(24)23-14-12-22(13-15-23)17-6-4-3-5-7-17/h3-11,19H,2,12-15H2,1H3/t19-/m1/s1. The summed E-state index contributed by atoms with van der Waals surface area (Å²) < 4.78 is 5.88. The maximum absolute atomic E-state index is 12.8. The highest BCUT2D eigenvalue weighted by Crippen LogP contribution is 2.20. The van der Waals surface area contributed by atoms with Gasteiger partial charge in [-0.25, -0.2) is 0 Å². The Morgan fingerprint density at radius 2 is 1.68 bits per heavy atom.